The van der Waals surface area contributed by atoms with Crippen molar-refractivity contribution in [3.63, 3.8) is 0 Å². The van der Waals surface area contributed by atoms with Gasteiger partial charge in [-0.3, -0.25) is 0 Å². The Morgan fingerprint density at radius 1 is 1.08 bits per heavy atom. The van der Waals surface area contributed by atoms with Crippen LogP contribution < -0.4 is 14.2 Å². The molecule has 5 heteroatoms. The second-order valence-electron chi connectivity index (χ2n) is 4.95. The Kier molecular flexibility index (Phi) is 6.25. The number of aliphatic carboxylic acids is 1. The van der Waals surface area contributed by atoms with Crippen LogP contribution >= 0.6 is 0 Å². The van der Waals surface area contributed by atoms with Gasteiger partial charge >= 0.3 is 5.97 Å². The highest BCUT2D eigenvalue weighted by atomic mass is 16.5. The molecule has 0 heterocycles. The minimum absolute atomic E-state index is 0.370. The molecule has 0 aliphatic heterocycles. The van der Waals surface area contributed by atoms with Gasteiger partial charge in [-0.2, -0.15) is 0 Å². The zero-order chi connectivity index (χ0) is 17.4. The molecule has 0 atom stereocenters. The normalized spacial score (nSPS) is 10.6. The van der Waals surface area contributed by atoms with Gasteiger partial charge in [0.2, 0.25) is 0 Å². The summed E-state index contributed by atoms with van der Waals surface area (Å²) in [6.45, 7) is 2.94. The van der Waals surface area contributed by atoms with E-state index in [0.29, 0.717) is 24.7 Å². The van der Waals surface area contributed by atoms with Crippen molar-refractivity contribution in [2.45, 2.75) is 13.5 Å². The van der Waals surface area contributed by atoms with Crippen LogP contribution in [0, 0.1) is 0 Å². The lowest BCUT2D eigenvalue weighted by Crippen LogP contribution is -1.98. The van der Waals surface area contributed by atoms with E-state index in [-0.39, 0.29) is 0 Å². The predicted octanol–water partition coefficient (Wildman–Crippen LogP) is 3.77. The van der Waals surface area contributed by atoms with E-state index in [1.165, 1.54) is 6.08 Å². The van der Waals surface area contributed by atoms with Crippen LogP contribution in [0.1, 0.15) is 18.1 Å². The summed E-state index contributed by atoms with van der Waals surface area (Å²) in [7, 11) is 1.56. The van der Waals surface area contributed by atoms with Gasteiger partial charge < -0.3 is 19.3 Å². The number of carboxylic acids is 1. The first-order valence-corrected chi connectivity index (χ1v) is 7.56. The molecule has 0 aliphatic rings. The van der Waals surface area contributed by atoms with Gasteiger partial charge in [-0.1, -0.05) is 18.2 Å². The molecule has 2 rings (SSSR count). The monoisotopic (exact) mass is 328 g/mol. The van der Waals surface area contributed by atoms with Gasteiger partial charge in [-0.15, -0.1) is 0 Å². The second kappa shape index (κ2) is 8.62. The molecule has 0 unspecified atom stereocenters. The van der Waals surface area contributed by atoms with Crippen molar-refractivity contribution in [1.29, 1.82) is 0 Å². The summed E-state index contributed by atoms with van der Waals surface area (Å²) in [6.07, 6.45) is 2.59. The lowest BCUT2D eigenvalue weighted by atomic mass is 10.2. The molecule has 0 fully saturated rings. The number of methoxy groups -OCH3 is 1. The third-order valence-corrected chi connectivity index (χ3v) is 3.23. The number of rotatable bonds is 8. The molecule has 0 aromatic heterocycles. The van der Waals surface area contributed by atoms with Crippen LogP contribution in [-0.4, -0.2) is 24.8 Å². The molecule has 0 spiro atoms. The fourth-order valence-electron chi connectivity index (χ4n) is 2.09. The fourth-order valence-corrected chi connectivity index (χ4v) is 2.09. The van der Waals surface area contributed by atoms with Crippen molar-refractivity contribution in [2.24, 2.45) is 0 Å². The highest BCUT2D eigenvalue weighted by Crippen LogP contribution is 2.29. The van der Waals surface area contributed by atoms with Crippen LogP contribution in [0.2, 0.25) is 0 Å². The smallest absolute Gasteiger partial charge is 0.328 e. The van der Waals surface area contributed by atoms with Crippen molar-refractivity contribution in [3.8, 4) is 17.2 Å². The van der Waals surface area contributed by atoms with Crippen LogP contribution in [0.15, 0.2) is 48.5 Å². The molecule has 0 radical (unpaired) electrons. The summed E-state index contributed by atoms with van der Waals surface area (Å²) in [5.74, 6) is 0.967. The maximum Gasteiger partial charge on any atom is 0.328 e. The van der Waals surface area contributed by atoms with Crippen molar-refractivity contribution in [3.05, 3.63) is 59.7 Å². The average Bonchev–Trinajstić information content (AvgIpc) is 2.59. The Morgan fingerprint density at radius 2 is 1.83 bits per heavy atom. The van der Waals surface area contributed by atoms with E-state index in [1.807, 2.05) is 31.2 Å². The number of hydrogen-bond donors (Lipinski definition) is 1. The van der Waals surface area contributed by atoms with Gasteiger partial charge in [-0.25, -0.2) is 4.79 Å². The number of ether oxygens (including phenoxy) is 3. The quantitative estimate of drug-likeness (QED) is 0.747. The van der Waals surface area contributed by atoms with Crippen molar-refractivity contribution < 1.29 is 24.1 Å². The van der Waals surface area contributed by atoms with Crippen LogP contribution in [0.4, 0.5) is 0 Å². The van der Waals surface area contributed by atoms with Crippen LogP contribution in [-0.2, 0) is 11.4 Å². The topological polar surface area (TPSA) is 65.0 Å². The minimum Gasteiger partial charge on any atom is -0.494 e. The van der Waals surface area contributed by atoms with E-state index in [9.17, 15) is 4.79 Å². The Bertz CT molecular complexity index is 704. The summed E-state index contributed by atoms with van der Waals surface area (Å²) in [5.41, 5.74) is 1.71. The van der Waals surface area contributed by atoms with E-state index in [1.54, 1.807) is 25.3 Å². The lowest BCUT2D eigenvalue weighted by molar-refractivity contribution is -0.131. The Hall–Kier alpha value is -2.95. The Labute approximate surface area is 141 Å². The molecular weight excluding hydrogens is 308 g/mol. The van der Waals surface area contributed by atoms with Gasteiger partial charge in [0.1, 0.15) is 12.4 Å². The number of hydrogen-bond acceptors (Lipinski definition) is 4. The number of benzene rings is 2. The van der Waals surface area contributed by atoms with Gasteiger partial charge in [0, 0.05) is 6.08 Å². The average molecular weight is 328 g/mol. The fraction of sp³-hybridized carbons (Fsp3) is 0.211. The predicted molar refractivity (Wildman–Crippen MR) is 91.6 cm³/mol. The maximum atomic E-state index is 10.6. The molecule has 0 aliphatic carbocycles. The lowest BCUT2D eigenvalue weighted by Gasteiger charge is -2.12. The number of carbonyl (C=O) groups is 1. The van der Waals surface area contributed by atoms with Crippen molar-refractivity contribution in [1.82, 2.24) is 0 Å². The molecule has 0 bridgehead atoms. The molecule has 2 aromatic carbocycles. The summed E-state index contributed by atoms with van der Waals surface area (Å²) >= 11 is 0. The third kappa shape index (κ3) is 5.05. The van der Waals surface area contributed by atoms with E-state index in [0.717, 1.165) is 23.0 Å². The first-order chi connectivity index (χ1) is 11.6. The molecule has 2 aromatic rings. The maximum absolute atomic E-state index is 10.6. The Balaban J connectivity index is 2.09. The molecule has 0 amide bonds. The van der Waals surface area contributed by atoms with Gasteiger partial charge in [0.25, 0.3) is 0 Å². The largest absolute Gasteiger partial charge is 0.494 e. The van der Waals surface area contributed by atoms with Gasteiger partial charge in [0.15, 0.2) is 11.5 Å². The molecule has 126 valence electrons. The highest BCUT2D eigenvalue weighted by molar-refractivity contribution is 5.85. The third-order valence-electron chi connectivity index (χ3n) is 3.23. The number of carboxylic acid groups (broad SMARTS) is 1. The first kappa shape index (κ1) is 17.4. The van der Waals surface area contributed by atoms with Crippen LogP contribution in [0.3, 0.4) is 0 Å². The highest BCUT2D eigenvalue weighted by Gasteiger charge is 2.06. The van der Waals surface area contributed by atoms with Crippen molar-refractivity contribution in [2.75, 3.05) is 13.7 Å². The summed E-state index contributed by atoms with van der Waals surface area (Å²) in [5, 5.41) is 8.70. The van der Waals surface area contributed by atoms with E-state index >= 15 is 0 Å². The second-order valence-corrected chi connectivity index (χ2v) is 4.95. The molecular formula is C19H20O5. The summed E-state index contributed by atoms with van der Waals surface area (Å²) in [4.78, 5) is 10.6. The summed E-state index contributed by atoms with van der Waals surface area (Å²) < 4.78 is 16.5. The van der Waals surface area contributed by atoms with Crippen LogP contribution in [0.25, 0.3) is 6.08 Å². The first-order valence-electron chi connectivity index (χ1n) is 7.56. The molecule has 0 saturated carbocycles. The van der Waals surface area contributed by atoms with Crippen molar-refractivity contribution >= 4 is 12.0 Å². The van der Waals surface area contributed by atoms with Gasteiger partial charge in [-0.05, 0) is 48.4 Å². The summed E-state index contributed by atoms with van der Waals surface area (Å²) in [6, 6.07) is 12.9. The standard InChI is InChI=1S/C19H20O5/c1-3-23-16-8-4-15(5-9-16)13-24-18-12-14(7-11-19(20)21)6-10-17(18)22-2/h4-12H,3,13H2,1-2H3,(H,20,21). The molecule has 5 nitrogen and oxygen atoms in total. The SMILES string of the molecule is CCOc1ccc(COc2cc(C=CC(=O)O)ccc2OC)cc1. The molecule has 24 heavy (non-hydrogen) atoms. The van der Waals surface area contributed by atoms with Crippen LogP contribution in [0.5, 0.6) is 17.2 Å². The Morgan fingerprint density at radius 3 is 2.46 bits per heavy atom. The van der Waals surface area contributed by atoms with E-state index in [2.05, 4.69) is 0 Å². The van der Waals surface area contributed by atoms with E-state index < -0.39 is 5.97 Å². The zero-order valence-corrected chi connectivity index (χ0v) is 13.7. The van der Waals surface area contributed by atoms with E-state index in [4.69, 9.17) is 19.3 Å². The zero-order valence-electron chi connectivity index (χ0n) is 13.7. The minimum atomic E-state index is -0.998. The van der Waals surface area contributed by atoms with Gasteiger partial charge in [0.05, 0.1) is 13.7 Å². The molecule has 0 saturated heterocycles. The molecule has 1 N–H and O–H groups in total.